The molecule has 7 nitrogen and oxygen atoms in total. The van der Waals surface area contributed by atoms with Crippen LogP contribution in [0.15, 0.2) is 0 Å². The number of nitrogens with one attached hydrogen (secondary N) is 2. The molecule has 19 heavy (non-hydrogen) atoms. The minimum Gasteiger partial charge on any atom is -0.339 e. The molecule has 0 spiro atoms. The molecule has 2 heterocycles. The summed E-state index contributed by atoms with van der Waals surface area (Å²) in [5.74, 6) is 0.181. The topological polar surface area (TPSA) is 81.8 Å². The second kappa shape index (κ2) is 6.25. The maximum atomic E-state index is 12.0. The quantitative estimate of drug-likeness (QED) is 0.674. The summed E-state index contributed by atoms with van der Waals surface area (Å²) in [6.07, 6.45) is 0. The van der Waals surface area contributed by atoms with E-state index in [0.29, 0.717) is 18.8 Å². The van der Waals surface area contributed by atoms with E-state index in [1.54, 1.807) is 11.9 Å². The van der Waals surface area contributed by atoms with E-state index in [9.17, 15) is 14.4 Å². The standard InChI is InChI=1S/C11H18N4O3S/c1-14(10(17)8-7-19-11(18)13-8)6-9(16)15-4-2-12-3-5-15/h8,12H,2-7H2,1H3,(H,13,18). The molecule has 0 aromatic rings. The Morgan fingerprint density at radius 1 is 1.42 bits per heavy atom. The van der Waals surface area contributed by atoms with E-state index in [1.165, 1.54) is 4.90 Å². The van der Waals surface area contributed by atoms with E-state index in [4.69, 9.17) is 0 Å². The van der Waals surface area contributed by atoms with Gasteiger partial charge in [0.1, 0.15) is 6.04 Å². The van der Waals surface area contributed by atoms with Crippen LogP contribution in [0.2, 0.25) is 0 Å². The van der Waals surface area contributed by atoms with Crippen LogP contribution < -0.4 is 10.6 Å². The van der Waals surface area contributed by atoms with Crippen molar-refractivity contribution < 1.29 is 14.4 Å². The van der Waals surface area contributed by atoms with E-state index >= 15 is 0 Å². The highest BCUT2D eigenvalue weighted by Gasteiger charge is 2.31. The molecule has 2 rings (SSSR count). The highest BCUT2D eigenvalue weighted by atomic mass is 32.2. The van der Waals surface area contributed by atoms with Gasteiger partial charge in [0, 0.05) is 39.0 Å². The van der Waals surface area contributed by atoms with Crippen molar-refractivity contribution in [3.63, 3.8) is 0 Å². The number of hydrogen-bond donors (Lipinski definition) is 2. The van der Waals surface area contributed by atoms with Crippen LogP contribution in [0.1, 0.15) is 0 Å². The van der Waals surface area contributed by atoms with Crippen LogP contribution in [0.3, 0.4) is 0 Å². The predicted octanol–water partition coefficient (Wildman–Crippen LogP) is -1.30. The van der Waals surface area contributed by atoms with Gasteiger partial charge in [0.15, 0.2) is 0 Å². The number of thioether (sulfide) groups is 1. The average Bonchev–Trinajstić information content (AvgIpc) is 2.85. The molecule has 2 aliphatic rings. The Balaban J connectivity index is 1.82. The second-order valence-corrected chi connectivity index (χ2v) is 5.61. The van der Waals surface area contributed by atoms with Gasteiger partial charge < -0.3 is 20.4 Å². The van der Waals surface area contributed by atoms with Crippen LogP contribution in [0, 0.1) is 0 Å². The lowest BCUT2D eigenvalue weighted by molar-refractivity contribution is -0.140. The molecule has 1 atom stereocenters. The average molecular weight is 286 g/mol. The lowest BCUT2D eigenvalue weighted by Crippen LogP contribution is -2.51. The molecule has 0 radical (unpaired) electrons. The van der Waals surface area contributed by atoms with Crippen LogP contribution >= 0.6 is 11.8 Å². The van der Waals surface area contributed by atoms with Gasteiger partial charge in [-0.3, -0.25) is 14.4 Å². The van der Waals surface area contributed by atoms with Crippen molar-refractivity contribution in [2.45, 2.75) is 6.04 Å². The van der Waals surface area contributed by atoms with Crippen LogP contribution in [0.25, 0.3) is 0 Å². The molecule has 0 aliphatic carbocycles. The van der Waals surface area contributed by atoms with Gasteiger partial charge in [-0.25, -0.2) is 0 Å². The number of carbonyl (C=O) groups excluding carboxylic acids is 3. The van der Waals surface area contributed by atoms with Crippen molar-refractivity contribution in [2.24, 2.45) is 0 Å². The van der Waals surface area contributed by atoms with Gasteiger partial charge in [-0.1, -0.05) is 11.8 Å². The first kappa shape index (κ1) is 14.1. The second-order valence-electron chi connectivity index (χ2n) is 4.62. The Morgan fingerprint density at radius 2 is 2.11 bits per heavy atom. The van der Waals surface area contributed by atoms with E-state index in [0.717, 1.165) is 24.9 Å². The van der Waals surface area contributed by atoms with Crippen molar-refractivity contribution >= 4 is 28.8 Å². The molecule has 0 aromatic carbocycles. The lowest BCUT2D eigenvalue weighted by atomic mass is 10.3. The van der Waals surface area contributed by atoms with Gasteiger partial charge >= 0.3 is 0 Å². The van der Waals surface area contributed by atoms with Gasteiger partial charge in [-0.15, -0.1) is 0 Å². The zero-order chi connectivity index (χ0) is 13.8. The zero-order valence-electron chi connectivity index (χ0n) is 10.8. The number of carbonyl (C=O) groups is 3. The maximum Gasteiger partial charge on any atom is 0.279 e. The van der Waals surface area contributed by atoms with Crippen LogP contribution in [-0.4, -0.2) is 78.4 Å². The van der Waals surface area contributed by atoms with Crippen LogP contribution in [0.5, 0.6) is 0 Å². The molecule has 2 aliphatic heterocycles. The summed E-state index contributed by atoms with van der Waals surface area (Å²) in [7, 11) is 1.59. The number of amides is 3. The molecule has 2 saturated heterocycles. The largest absolute Gasteiger partial charge is 0.339 e. The summed E-state index contributed by atoms with van der Waals surface area (Å²) in [6, 6.07) is -0.502. The lowest BCUT2D eigenvalue weighted by Gasteiger charge is -2.29. The summed E-state index contributed by atoms with van der Waals surface area (Å²) in [5.41, 5.74) is 0. The van der Waals surface area contributed by atoms with E-state index in [1.807, 2.05) is 0 Å². The molecule has 106 valence electrons. The Morgan fingerprint density at radius 3 is 2.68 bits per heavy atom. The number of likely N-dealkylation sites (N-methyl/N-ethyl adjacent to an activating group) is 1. The third-order valence-electron chi connectivity index (χ3n) is 3.19. The zero-order valence-corrected chi connectivity index (χ0v) is 11.7. The molecular formula is C11H18N4O3S. The molecule has 0 bridgehead atoms. The molecule has 3 amide bonds. The molecule has 0 saturated carbocycles. The Bertz CT molecular complexity index is 384. The maximum absolute atomic E-state index is 12.0. The van der Waals surface area contributed by atoms with E-state index < -0.39 is 6.04 Å². The normalized spacial score (nSPS) is 23.1. The Labute approximate surface area is 116 Å². The van der Waals surface area contributed by atoms with Crippen molar-refractivity contribution in [2.75, 3.05) is 45.5 Å². The third-order valence-corrected chi connectivity index (χ3v) is 4.07. The first-order chi connectivity index (χ1) is 9.08. The van der Waals surface area contributed by atoms with Gasteiger partial charge in [-0.05, 0) is 0 Å². The third kappa shape index (κ3) is 3.60. The predicted molar refractivity (Wildman–Crippen MR) is 71.9 cm³/mol. The molecular weight excluding hydrogens is 268 g/mol. The summed E-state index contributed by atoms with van der Waals surface area (Å²) in [6.45, 7) is 3.00. The smallest absolute Gasteiger partial charge is 0.279 e. The molecule has 1 unspecified atom stereocenters. The fourth-order valence-corrected chi connectivity index (χ4v) is 2.85. The SMILES string of the molecule is CN(CC(=O)N1CCNCC1)C(=O)C1CSC(=O)N1. The van der Waals surface area contributed by atoms with Crippen LogP contribution in [-0.2, 0) is 9.59 Å². The minimum atomic E-state index is -0.502. The van der Waals surface area contributed by atoms with Crippen molar-refractivity contribution in [3.8, 4) is 0 Å². The monoisotopic (exact) mass is 286 g/mol. The Hall–Kier alpha value is -1.28. The first-order valence-electron chi connectivity index (χ1n) is 6.24. The van der Waals surface area contributed by atoms with Gasteiger partial charge in [-0.2, -0.15) is 0 Å². The molecule has 2 fully saturated rings. The molecule has 2 N–H and O–H groups in total. The first-order valence-corrected chi connectivity index (χ1v) is 7.23. The highest BCUT2D eigenvalue weighted by molar-refractivity contribution is 8.14. The number of piperazine rings is 1. The van der Waals surface area contributed by atoms with Gasteiger partial charge in [0.2, 0.25) is 11.8 Å². The fraction of sp³-hybridized carbons (Fsp3) is 0.727. The summed E-state index contributed by atoms with van der Waals surface area (Å²) in [5, 5.41) is 5.58. The van der Waals surface area contributed by atoms with Crippen LogP contribution in [0.4, 0.5) is 4.79 Å². The Kier molecular flexibility index (Phi) is 4.65. The van der Waals surface area contributed by atoms with Crippen molar-refractivity contribution in [1.29, 1.82) is 0 Å². The number of rotatable bonds is 3. The van der Waals surface area contributed by atoms with Gasteiger partial charge in [0.25, 0.3) is 5.24 Å². The van der Waals surface area contributed by atoms with E-state index in [-0.39, 0.29) is 23.6 Å². The van der Waals surface area contributed by atoms with E-state index in [2.05, 4.69) is 10.6 Å². The molecule has 8 heteroatoms. The molecule has 0 aromatic heterocycles. The highest BCUT2D eigenvalue weighted by Crippen LogP contribution is 2.14. The van der Waals surface area contributed by atoms with Crippen molar-refractivity contribution in [1.82, 2.24) is 20.4 Å². The summed E-state index contributed by atoms with van der Waals surface area (Å²) >= 11 is 1.10. The van der Waals surface area contributed by atoms with Gasteiger partial charge in [0.05, 0.1) is 6.54 Å². The minimum absolute atomic E-state index is 0.0469. The van der Waals surface area contributed by atoms with Crippen molar-refractivity contribution in [3.05, 3.63) is 0 Å². The number of hydrogen-bond acceptors (Lipinski definition) is 5. The summed E-state index contributed by atoms with van der Waals surface area (Å²) < 4.78 is 0. The number of nitrogens with zero attached hydrogens (tertiary/aromatic N) is 2. The summed E-state index contributed by atoms with van der Waals surface area (Å²) in [4.78, 5) is 38.2. The fourth-order valence-electron chi connectivity index (χ4n) is 2.08.